The zero-order chi connectivity index (χ0) is 22.1. The van der Waals surface area contributed by atoms with E-state index in [-0.39, 0.29) is 23.8 Å². The molecule has 2 amide bonds. The predicted octanol–water partition coefficient (Wildman–Crippen LogP) is 3.03. The van der Waals surface area contributed by atoms with Crippen LogP contribution >= 0.6 is 11.8 Å². The summed E-state index contributed by atoms with van der Waals surface area (Å²) in [5, 5.41) is 13.0. The normalized spacial score (nSPS) is 22.1. The summed E-state index contributed by atoms with van der Waals surface area (Å²) in [5.74, 6) is 0.687. The number of amides is 2. The molecule has 0 aliphatic carbocycles. The van der Waals surface area contributed by atoms with E-state index in [1.165, 1.54) is 21.1 Å². The summed E-state index contributed by atoms with van der Waals surface area (Å²) in [6.45, 7) is 8.74. The van der Waals surface area contributed by atoms with Gasteiger partial charge in [-0.25, -0.2) is 0 Å². The third-order valence-corrected chi connectivity index (χ3v) is 6.91. The van der Waals surface area contributed by atoms with Gasteiger partial charge < -0.3 is 20.2 Å². The second-order valence-electron chi connectivity index (χ2n) is 9.49. The lowest BCUT2D eigenvalue weighted by atomic mass is 9.91. The second kappa shape index (κ2) is 9.02. The monoisotopic (exact) mass is 431 g/mol. The Balaban J connectivity index is 1.60. The highest BCUT2D eigenvalue weighted by Crippen LogP contribution is 2.38. The maximum atomic E-state index is 12.8. The molecule has 2 N–H and O–H groups in total. The van der Waals surface area contributed by atoms with Crippen LogP contribution in [0.3, 0.4) is 0 Å². The van der Waals surface area contributed by atoms with E-state index in [0.29, 0.717) is 19.4 Å². The van der Waals surface area contributed by atoms with Crippen LogP contribution in [0.2, 0.25) is 0 Å². The van der Waals surface area contributed by atoms with E-state index in [2.05, 4.69) is 36.3 Å². The number of likely N-dealkylation sites (tertiary alicyclic amines) is 1. The van der Waals surface area contributed by atoms with Crippen LogP contribution in [-0.4, -0.2) is 58.3 Å². The number of benzene rings is 1. The summed E-state index contributed by atoms with van der Waals surface area (Å²) in [5.41, 5.74) is 3.32. The van der Waals surface area contributed by atoms with Crippen LogP contribution in [0.5, 0.6) is 0 Å². The first-order valence-corrected chi connectivity index (χ1v) is 11.4. The van der Waals surface area contributed by atoms with Crippen molar-refractivity contribution in [3.63, 3.8) is 0 Å². The SMILES string of the molecule is CC1=C(c2ccc(CNC(=O)[C@@H]3C[C@@H](O)CN3C(=O)CC(C)(C)C)cc2)SCN1C. The summed E-state index contributed by atoms with van der Waals surface area (Å²) in [6, 6.07) is 7.63. The van der Waals surface area contributed by atoms with Crippen LogP contribution in [0.25, 0.3) is 4.91 Å². The number of thioether (sulfide) groups is 1. The second-order valence-corrected chi connectivity index (χ2v) is 10.4. The molecule has 2 aliphatic heterocycles. The Labute approximate surface area is 183 Å². The van der Waals surface area contributed by atoms with Gasteiger partial charge >= 0.3 is 0 Å². The number of aliphatic hydroxyl groups is 1. The molecule has 2 heterocycles. The average Bonchev–Trinajstić information content (AvgIpc) is 3.22. The van der Waals surface area contributed by atoms with Crippen molar-refractivity contribution < 1.29 is 14.7 Å². The predicted molar refractivity (Wildman–Crippen MR) is 121 cm³/mol. The highest BCUT2D eigenvalue weighted by Gasteiger charge is 2.39. The van der Waals surface area contributed by atoms with E-state index in [9.17, 15) is 14.7 Å². The topological polar surface area (TPSA) is 72.9 Å². The number of hydrogen-bond acceptors (Lipinski definition) is 5. The fourth-order valence-electron chi connectivity index (χ4n) is 3.80. The van der Waals surface area contributed by atoms with Gasteiger partial charge in [0.25, 0.3) is 0 Å². The lowest BCUT2D eigenvalue weighted by Crippen LogP contribution is -2.46. The highest BCUT2D eigenvalue weighted by molar-refractivity contribution is 8.08. The number of carbonyl (C=O) groups is 2. The van der Waals surface area contributed by atoms with Crippen LogP contribution in [0, 0.1) is 5.41 Å². The molecule has 3 rings (SSSR count). The molecule has 0 unspecified atom stereocenters. The Kier molecular flexibility index (Phi) is 6.82. The number of carbonyl (C=O) groups excluding carboxylic acids is 2. The first-order valence-electron chi connectivity index (χ1n) is 10.4. The van der Waals surface area contributed by atoms with E-state index in [0.717, 1.165) is 11.4 Å². The first kappa shape index (κ1) is 22.7. The molecular formula is C23H33N3O3S. The van der Waals surface area contributed by atoms with Crippen molar-refractivity contribution in [2.24, 2.45) is 5.41 Å². The van der Waals surface area contributed by atoms with Gasteiger partial charge in [0.2, 0.25) is 11.8 Å². The highest BCUT2D eigenvalue weighted by atomic mass is 32.2. The number of rotatable bonds is 5. The number of nitrogens with zero attached hydrogens (tertiary/aromatic N) is 2. The summed E-state index contributed by atoms with van der Waals surface area (Å²) in [6.07, 6.45) is -0.00536. The van der Waals surface area contributed by atoms with Crippen molar-refractivity contribution in [3.8, 4) is 0 Å². The molecule has 1 saturated heterocycles. The van der Waals surface area contributed by atoms with Gasteiger partial charge in [-0.1, -0.05) is 45.0 Å². The molecule has 164 valence electrons. The Hall–Kier alpha value is -1.99. The Morgan fingerprint density at radius 3 is 2.47 bits per heavy atom. The van der Waals surface area contributed by atoms with Crippen LogP contribution in [0.1, 0.15) is 51.7 Å². The minimum Gasteiger partial charge on any atom is -0.391 e. The Morgan fingerprint density at radius 1 is 1.23 bits per heavy atom. The third kappa shape index (κ3) is 5.38. The number of β-amino-alcohol motifs (C(OH)–C–C–N with tert-alkyl or cyclic N) is 1. The van der Waals surface area contributed by atoms with Crippen LogP contribution in [0.15, 0.2) is 30.0 Å². The first-order chi connectivity index (χ1) is 14.0. The molecule has 7 heteroatoms. The Morgan fingerprint density at radius 2 is 1.90 bits per heavy atom. The van der Waals surface area contributed by atoms with Gasteiger partial charge in [-0.05, 0) is 23.5 Å². The van der Waals surface area contributed by atoms with Gasteiger partial charge in [0.15, 0.2) is 0 Å². The van der Waals surface area contributed by atoms with E-state index in [4.69, 9.17) is 0 Å². The number of hydrogen-bond donors (Lipinski definition) is 2. The molecule has 6 nitrogen and oxygen atoms in total. The average molecular weight is 432 g/mol. The number of allylic oxidation sites excluding steroid dienone is 1. The zero-order valence-corrected chi connectivity index (χ0v) is 19.4. The smallest absolute Gasteiger partial charge is 0.243 e. The van der Waals surface area contributed by atoms with Gasteiger partial charge in [0.05, 0.1) is 12.0 Å². The summed E-state index contributed by atoms with van der Waals surface area (Å²) >= 11 is 1.83. The van der Waals surface area contributed by atoms with Crippen LogP contribution < -0.4 is 5.32 Å². The molecule has 0 radical (unpaired) electrons. The van der Waals surface area contributed by atoms with Gasteiger partial charge in [0, 0.05) is 43.6 Å². The molecule has 30 heavy (non-hydrogen) atoms. The molecule has 0 spiro atoms. The summed E-state index contributed by atoms with van der Waals surface area (Å²) in [4.78, 5) is 30.5. The van der Waals surface area contributed by atoms with E-state index >= 15 is 0 Å². The van der Waals surface area contributed by atoms with E-state index in [1.807, 2.05) is 44.7 Å². The van der Waals surface area contributed by atoms with Crippen molar-refractivity contribution in [1.29, 1.82) is 0 Å². The minimum atomic E-state index is -0.650. The summed E-state index contributed by atoms with van der Waals surface area (Å²) in [7, 11) is 2.09. The van der Waals surface area contributed by atoms with E-state index < -0.39 is 12.1 Å². The molecule has 0 bridgehead atoms. The zero-order valence-electron chi connectivity index (χ0n) is 18.6. The van der Waals surface area contributed by atoms with Crippen LogP contribution in [-0.2, 0) is 16.1 Å². The molecule has 1 aromatic carbocycles. The maximum absolute atomic E-state index is 12.8. The standard InChI is InChI=1S/C23H33N3O3S/c1-15-21(30-14-25(15)5)17-8-6-16(7-9-17)12-24-22(29)19-10-18(27)13-26(19)20(28)11-23(2,3)4/h6-9,18-19,27H,10-14H2,1-5H3,(H,24,29)/t18-,19+/m1/s1. The molecule has 0 aromatic heterocycles. The van der Waals surface area contributed by atoms with Crippen LogP contribution in [0.4, 0.5) is 0 Å². The van der Waals surface area contributed by atoms with Gasteiger partial charge in [0.1, 0.15) is 6.04 Å². The molecule has 2 atom stereocenters. The number of aliphatic hydroxyl groups excluding tert-OH is 1. The van der Waals surface area contributed by atoms with E-state index in [1.54, 1.807) is 0 Å². The quantitative estimate of drug-likeness (QED) is 0.750. The van der Waals surface area contributed by atoms with Crippen molar-refractivity contribution >= 4 is 28.5 Å². The van der Waals surface area contributed by atoms with Crippen molar-refractivity contribution in [3.05, 3.63) is 41.1 Å². The largest absolute Gasteiger partial charge is 0.391 e. The van der Waals surface area contributed by atoms with Crippen molar-refractivity contribution in [2.45, 2.75) is 59.2 Å². The Bertz CT molecular complexity index is 829. The van der Waals surface area contributed by atoms with Gasteiger partial charge in [-0.15, -0.1) is 11.8 Å². The molecule has 0 saturated carbocycles. The fraction of sp³-hybridized carbons (Fsp3) is 0.565. The molecule has 1 aromatic rings. The number of nitrogens with one attached hydrogen (secondary N) is 1. The minimum absolute atomic E-state index is 0.0776. The van der Waals surface area contributed by atoms with Gasteiger partial charge in [-0.3, -0.25) is 9.59 Å². The third-order valence-electron chi connectivity index (χ3n) is 5.57. The van der Waals surface area contributed by atoms with Crippen molar-refractivity contribution in [2.75, 3.05) is 19.5 Å². The lowest BCUT2D eigenvalue weighted by molar-refractivity contribution is -0.140. The summed E-state index contributed by atoms with van der Waals surface area (Å²) < 4.78 is 0. The molecular weight excluding hydrogens is 398 g/mol. The maximum Gasteiger partial charge on any atom is 0.243 e. The van der Waals surface area contributed by atoms with Gasteiger partial charge in [-0.2, -0.15) is 0 Å². The molecule has 2 aliphatic rings. The lowest BCUT2D eigenvalue weighted by Gasteiger charge is -2.27. The van der Waals surface area contributed by atoms with Crippen molar-refractivity contribution in [1.82, 2.24) is 15.1 Å². The molecule has 1 fully saturated rings. The fourth-order valence-corrected chi connectivity index (χ4v) is 4.99.